The van der Waals surface area contributed by atoms with E-state index in [1.165, 1.54) is 0 Å². The van der Waals surface area contributed by atoms with Gasteiger partial charge in [0.15, 0.2) is 0 Å². The van der Waals surface area contributed by atoms with Crippen LogP contribution >= 0.6 is 0 Å². The molecule has 7 nitrogen and oxygen atoms in total. The van der Waals surface area contributed by atoms with Crippen molar-refractivity contribution in [3.05, 3.63) is 65.2 Å². The molecule has 0 saturated heterocycles. The molecule has 7 heteroatoms. The zero-order valence-corrected chi connectivity index (χ0v) is 17.9. The van der Waals surface area contributed by atoms with E-state index in [0.29, 0.717) is 12.1 Å². The van der Waals surface area contributed by atoms with Crippen LogP contribution in [-0.4, -0.2) is 30.1 Å². The number of benzene rings is 2. The molecule has 0 radical (unpaired) electrons. The van der Waals surface area contributed by atoms with Crippen molar-refractivity contribution in [1.82, 2.24) is 10.6 Å². The molecule has 0 atom stereocenters. The molecule has 0 aliphatic carbocycles. The van der Waals surface area contributed by atoms with Crippen LogP contribution in [0.2, 0.25) is 0 Å². The predicted molar refractivity (Wildman–Crippen MR) is 116 cm³/mol. The lowest BCUT2D eigenvalue weighted by molar-refractivity contribution is -0.120. The molecular weight excluding hydrogens is 382 g/mol. The summed E-state index contributed by atoms with van der Waals surface area (Å²) in [6, 6.07) is 15.0. The van der Waals surface area contributed by atoms with E-state index in [1.54, 1.807) is 32.9 Å². The summed E-state index contributed by atoms with van der Waals surface area (Å²) in [5.74, 6) is -0.443. The number of carbonyl (C=O) groups excluding carboxylic acids is 3. The third kappa shape index (κ3) is 8.34. The molecule has 2 aromatic rings. The van der Waals surface area contributed by atoms with E-state index >= 15 is 0 Å². The quantitative estimate of drug-likeness (QED) is 0.651. The number of amides is 3. The summed E-state index contributed by atoms with van der Waals surface area (Å²) in [7, 11) is 0. The summed E-state index contributed by atoms with van der Waals surface area (Å²) in [6.07, 6.45) is -0.347. The molecule has 0 saturated carbocycles. The Hall–Kier alpha value is -3.35. The van der Waals surface area contributed by atoms with Gasteiger partial charge < -0.3 is 20.7 Å². The number of anilines is 1. The first-order valence-electron chi connectivity index (χ1n) is 9.79. The van der Waals surface area contributed by atoms with E-state index in [9.17, 15) is 14.4 Å². The highest BCUT2D eigenvalue weighted by molar-refractivity contribution is 5.92. The van der Waals surface area contributed by atoms with Crippen LogP contribution < -0.4 is 16.0 Å². The summed E-state index contributed by atoms with van der Waals surface area (Å²) < 4.78 is 5.08. The summed E-state index contributed by atoms with van der Waals surface area (Å²) in [5, 5.41) is 8.02. The molecule has 0 aliphatic rings. The lowest BCUT2D eigenvalue weighted by Crippen LogP contribution is -2.39. The molecule has 160 valence electrons. The number of rotatable bonds is 7. The van der Waals surface area contributed by atoms with Crippen LogP contribution in [0.5, 0.6) is 0 Å². The Labute approximate surface area is 177 Å². The molecule has 0 spiro atoms. The van der Waals surface area contributed by atoms with Gasteiger partial charge in [-0.25, -0.2) is 4.79 Å². The van der Waals surface area contributed by atoms with Gasteiger partial charge in [-0.05, 0) is 56.5 Å². The zero-order chi connectivity index (χ0) is 22.1. The van der Waals surface area contributed by atoms with Crippen molar-refractivity contribution in [2.45, 2.75) is 46.3 Å². The monoisotopic (exact) mass is 411 g/mol. The van der Waals surface area contributed by atoms with Crippen LogP contribution in [0, 0.1) is 6.92 Å². The number of hydrogen-bond donors (Lipinski definition) is 3. The average molecular weight is 412 g/mol. The fourth-order valence-corrected chi connectivity index (χ4v) is 2.68. The summed E-state index contributed by atoms with van der Waals surface area (Å²) >= 11 is 0. The molecule has 30 heavy (non-hydrogen) atoms. The second-order valence-electron chi connectivity index (χ2n) is 7.98. The molecule has 2 aromatic carbocycles. The molecule has 2 rings (SSSR count). The van der Waals surface area contributed by atoms with Crippen molar-refractivity contribution < 1.29 is 19.1 Å². The molecule has 0 bridgehead atoms. The van der Waals surface area contributed by atoms with Gasteiger partial charge in [0.25, 0.3) is 0 Å². The first-order valence-corrected chi connectivity index (χ1v) is 9.79. The standard InChI is InChI=1S/C23H29N3O4/c1-16-8-5-6-10-18(16)13-20(27)26-19-11-7-9-17(12-19)14-24-21(28)15-25-22(29)30-23(2,3)4/h5-12H,13-15H2,1-4H3,(H,24,28)(H,25,29)(H,26,27). The van der Waals surface area contributed by atoms with Gasteiger partial charge in [0.05, 0.1) is 6.42 Å². The number of hydrogen-bond acceptors (Lipinski definition) is 4. The minimum absolute atomic E-state index is 0.105. The zero-order valence-electron chi connectivity index (χ0n) is 17.9. The largest absolute Gasteiger partial charge is 0.444 e. The van der Waals surface area contributed by atoms with Crippen molar-refractivity contribution in [3.63, 3.8) is 0 Å². The maximum Gasteiger partial charge on any atom is 0.408 e. The molecule has 3 N–H and O–H groups in total. The smallest absolute Gasteiger partial charge is 0.408 e. The number of carbonyl (C=O) groups is 3. The highest BCUT2D eigenvalue weighted by Gasteiger charge is 2.16. The van der Waals surface area contributed by atoms with E-state index in [0.717, 1.165) is 16.7 Å². The topological polar surface area (TPSA) is 96.5 Å². The lowest BCUT2D eigenvalue weighted by atomic mass is 10.1. The Bertz CT molecular complexity index is 903. The van der Waals surface area contributed by atoms with Gasteiger partial charge in [-0.15, -0.1) is 0 Å². The predicted octanol–water partition coefficient (Wildman–Crippen LogP) is 3.32. The maximum atomic E-state index is 12.3. The average Bonchev–Trinajstić information content (AvgIpc) is 2.65. The summed E-state index contributed by atoms with van der Waals surface area (Å²) in [6.45, 7) is 7.32. The Morgan fingerprint density at radius 2 is 1.67 bits per heavy atom. The maximum absolute atomic E-state index is 12.3. The Balaban J connectivity index is 1.81. The second-order valence-corrected chi connectivity index (χ2v) is 7.98. The van der Waals surface area contributed by atoms with Gasteiger partial charge in [-0.2, -0.15) is 0 Å². The van der Waals surface area contributed by atoms with E-state index in [-0.39, 0.29) is 24.9 Å². The fourth-order valence-electron chi connectivity index (χ4n) is 2.68. The summed E-state index contributed by atoms with van der Waals surface area (Å²) in [5.41, 5.74) is 2.92. The van der Waals surface area contributed by atoms with E-state index in [2.05, 4.69) is 16.0 Å². The van der Waals surface area contributed by atoms with Gasteiger partial charge in [-0.3, -0.25) is 9.59 Å². The molecule has 0 heterocycles. The molecule has 3 amide bonds. The highest BCUT2D eigenvalue weighted by Crippen LogP contribution is 2.13. The molecular formula is C23H29N3O4. The first kappa shape index (κ1) is 22.9. The van der Waals surface area contributed by atoms with E-state index < -0.39 is 11.7 Å². The van der Waals surface area contributed by atoms with Crippen molar-refractivity contribution in [3.8, 4) is 0 Å². The van der Waals surface area contributed by atoms with Crippen molar-refractivity contribution >= 4 is 23.6 Å². The molecule has 0 aliphatic heterocycles. The SMILES string of the molecule is Cc1ccccc1CC(=O)Nc1cccc(CNC(=O)CNC(=O)OC(C)(C)C)c1. The second kappa shape index (κ2) is 10.4. The van der Waals surface area contributed by atoms with Crippen molar-refractivity contribution in [2.75, 3.05) is 11.9 Å². The van der Waals surface area contributed by atoms with E-state index in [1.807, 2.05) is 43.3 Å². The molecule has 0 fully saturated rings. The van der Waals surface area contributed by atoms with Gasteiger partial charge in [-0.1, -0.05) is 36.4 Å². The molecule has 0 aromatic heterocycles. The lowest BCUT2D eigenvalue weighted by Gasteiger charge is -2.19. The van der Waals surface area contributed by atoms with Crippen LogP contribution in [0.25, 0.3) is 0 Å². The van der Waals surface area contributed by atoms with Crippen molar-refractivity contribution in [2.24, 2.45) is 0 Å². The number of ether oxygens (including phenoxy) is 1. The van der Waals surface area contributed by atoms with Gasteiger partial charge >= 0.3 is 6.09 Å². The van der Waals surface area contributed by atoms with Gasteiger partial charge in [0.1, 0.15) is 12.1 Å². The fraction of sp³-hybridized carbons (Fsp3) is 0.348. The van der Waals surface area contributed by atoms with Crippen LogP contribution in [0.3, 0.4) is 0 Å². The van der Waals surface area contributed by atoms with Crippen molar-refractivity contribution in [1.29, 1.82) is 0 Å². The van der Waals surface area contributed by atoms with Crippen LogP contribution in [0.1, 0.15) is 37.5 Å². The van der Waals surface area contributed by atoms with Crippen LogP contribution in [-0.2, 0) is 27.3 Å². The Morgan fingerprint density at radius 3 is 2.37 bits per heavy atom. The number of alkyl carbamates (subject to hydrolysis) is 1. The Morgan fingerprint density at radius 1 is 0.933 bits per heavy atom. The van der Waals surface area contributed by atoms with Crippen LogP contribution in [0.15, 0.2) is 48.5 Å². The van der Waals surface area contributed by atoms with Crippen LogP contribution in [0.4, 0.5) is 10.5 Å². The normalized spacial score (nSPS) is 10.8. The number of nitrogens with one attached hydrogen (secondary N) is 3. The van der Waals surface area contributed by atoms with E-state index in [4.69, 9.17) is 4.74 Å². The third-order valence-electron chi connectivity index (χ3n) is 4.10. The number of aryl methyl sites for hydroxylation is 1. The first-order chi connectivity index (χ1) is 14.1. The van der Waals surface area contributed by atoms with Gasteiger partial charge in [0.2, 0.25) is 11.8 Å². The van der Waals surface area contributed by atoms with Gasteiger partial charge in [0, 0.05) is 12.2 Å². The highest BCUT2D eigenvalue weighted by atomic mass is 16.6. The third-order valence-corrected chi connectivity index (χ3v) is 4.10. The summed E-state index contributed by atoms with van der Waals surface area (Å²) in [4.78, 5) is 35.8. The minimum Gasteiger partial charge on any atom is -0.444 e. The molecule has 0 unspecified atom stereocenters. The minimum atomic E-state index is -0.643. The Kier molecular flexibility index (Phi) is 7.98.